The van der Waals surface area contributed by atoms with Crippen molar-refractivity contribution in [2.75, 3.05) is 5.75 Å². The van der Waals surface area contributed by atoms with E-state index in [1.807, 2.05) is 38.2 Å². The average molecular weight is 279 g/mol. The van der Waals surface area contributed by atoms with Gasteiger partial charge in [0, 0.05) is 17.4 Å². The SMILES string of the molecule is Cc1cc(C)n2c(SCC(=O)NC(C)C)nnc2n1. The Morgan fingerprint density at radius 3 is 2.84 bits per heavy atom. The Bertz CT molecular complexity index is 607. The minimum Gasteiger partial charge on any atom is -0.353 e. The van der Waals surface area contributed by atoms with Gasteiger partial charge < -0.3 is 5.32 Å². The van der Waals surface area contributed by atoms with Crippen molar-refractivity contribution < 1.29 is 4.79 Å². The summed E-state index contributed by atoms with van der Waals surface area (Å²) in [5, 5.41) is 11.6. The number of nitrogens with zero attached hydrogens (tertiary/aromatic N) is 4. The van der Waals surface area contributed by atoms with Crippen molar-refractivity contribution >= 4 is 23.4 Å². The molecule has 7 heteroatoms. The lowest BCUT2D eigenvalue weighted by Gasteiger charge is -2.07. The first kappa shape index (κ1) is 13.8. The fourth-order valence-corrected chi connectivity index (χ4v) is 2.58. The van der Waals surface area contributed by atoms with Gasteiger partial charge in [0.05, 0.1) is 5.75 Å². The van der Waals surface area contributed by atoms with Gasteiger partial charge in [-0.05, 0) is 33.8 Å². The van der Waals surface area contributed by atoms with E-state index < -0.39 is 0 Å². The van der Waals surface area contributed by atoms with Gasteiger partial charge in [0.2, 0.25) is 5.91 Å². The number of fused-ring (bicyclic) bond motifs is 1. The molecule has 6 nitrogen and oxygen atoms in total. The molecule has 0 aromatic carbocycles. The largest absolute Gasteiger partial charge is 0.353 e. The predicted octanol–water partition coefficient (Wildman–Crippen LogP) is 1.36. The number of amides is 1. The molecule has 0 unspecified atom stereocenters. The predicted molar refractivity (Wildman–Crippen MR) is 74.3 cm³/mol. The van der Waals surface area contributed by atoms with E-state index in [4.69, 9.17) is 0 Å². The summed E-state index contributed by atoms with van der Waals surface area (Å²) < 4.78 is 1.86. The summed E-state index contributed by atoms with van der Waals surface area (Å²) in [4.78, 5) is 15.9. The minimum absolute atomic E-state index is 0.00512. The minimum atomic E-state index is -0.00512. The molecule has 1 N–H and O–H groups in total. The van der Waals surface area contributed by atoms with Crippen molar-refractivity contribution in [3.05, 3.63) is 17.5 Å². The second-order valence-electron chi connectivity index (χ2n) is 4.67. The van der Waals surface area contributed by atoms with Gasteiger partial charge in [-0.1, -0.05) is 11.8 Å². The summed E-state index contributed by atoms with van der Waals surface area (Å²) in [5.74, 6) is 0.894. The van der Waals surface area contributed by atoms with Crippen LogP contribution in [0.25, 0.3) is 5.78 Å². The Balaban J connectivity index is 2.16. The van der Waals surface area contributed by atoms with Crippen LogP contribution < -0.4 is 5.32 Å². The Morgan fingerprint density at radius 2 is 2.16 bits per heavy atom. The summed E-state index contributed by atoms with van der Waals surface area (Å²) in [6.07, 6.45) is 0. The van der Waals surface area contributed by atoms with Crippen LogP contribution in [0.5, 0.6) is 0 Å². The first-order valence-corrected chi connectivity index (χ1v) is 7.07. The molecular weight excluding hydrogens is 262 g/mol. The molecule has 0 aliphatic heterocycles. The van der Waals surface area contributed by atoms with Crippen LogP contribution in [0.3, 0.4) is 0 Å². The van der Waals surface area contributed by atoms with Gasteiger partial charge in [0.15, 0.2) is 5.16 Å². The van der Waals surface area contributed by atoms with Crippen LogP contribution in [0, 0.1) is 13.8 Å². The number of aryl methyl sites for hydroxylation is 2. The molecule has 2 rings (SSSR count). The summed E-state index contributed by atoms with van der Waals surface area (Å²) in [6.45, 7) is 7.77. The van der Waals surface area contributed by atoms with Crippen molar-refractivity contribution in [3.8, 4) is 0 Å². The molecule has 0 saturated carbocycles. The fraction of sp³-hybridized carbons (Fsp3) is 0.500. The van der Waals surface area contributed by atoms with Gasteiger partial charge in [0.25, 0.3) is 5.78 Å². The summed E-state index contributed by atoms with van der Waals surface area (Å²) in [7, 11) is 0. The fourth-order valence-electron chi connectivity index (χ4n) is 1.79. The number of thioether (sulfide) groups is 1. The smallest absolute Gasteiger partial charge is 0.256 e. The molecule has 0 spiro atoms. The number of rotatable bonds is 4. The number of carbonyl (C=O) groups excluding carboxylic acids is 1. The highest BCUT2D eigenvalue weighted by atomic mass is 32.2. The average Bonchev–Trinajstić information content (AvgIpc) is 2.68. The molecule has 102 valence electrons. The van der Waals surface area contributed by atoms with Crippen LogP contribution in [-0.4, -0.2) is 37.3 Å². The zero-order chi connectivity index (χ0) is 14.0. The summed E-state index contributed by atoms with van der Waals surface area (Å²) in [5.41, 5.74) is 1.92. The standard InChI is InChI=1S/C12H17N5OS/c1-7(2)13-10(18)6-19-12-16-15-11-14-8(3)5-9(4)17(11)12/h5,7H,6H2,1-4H3,(H,13,18). The van der Waals surface area contributed by atoms with E-state index in [1.165, 1.54) is 11.8 Å². The molecule has 0 radical (unpaired) electrons. The van der Waals surface area contributed by atoms with Crippen LogP contribution in [0.4, 0.5) is 0 Å². The van der Waals surface area contributed by atoms with E-state index in [9.17, 15) is 4.79 Å². The van der Waals surface area contributed by atoms with Crippen LogP contribution >= 0.6 is 11.8 Å². The van der Waals surface area contributed by atoms with Crippen LogP contribution in [0.2, 0.25) is 0 Å². The molecule has 2 heterocycles. The maximum Gasteiger partial charge on any atom is 0.256 e. The topological polar surface area (TPSA) is 72.2 Å². The van der Waals surface area contributed by atoms with Crippen molar-refractivity contribution in [2.45, 2.75) is 38.9 Å². The molecule has 2 aromatic rings. The highest BCUT2D eigenvalue weighted by Crippen LogP contribution is 2.18. The van der Waals surface area contributed by atoms with Gasteiger partial charge in [-0.2, -0.15) is 0 Å². The third kappa shape index (κ3) is 3.23. The lowest BCUT2D eigenvalue weighted by Crippen LogP contribution is -2.31. The number of hydrogen-bond acceptors (Lipinski definition) is 5. The van der Waals surface area contributed by atoms with E-state index in [-0.39, 0.29) is 11.9 Å². The summed E-state index contributed by atoms with van der Waals surface area (Å²) >= 11 is 1.36. The number of aromatic nitrogens is 4. The van der Waals surface area contributed by atoms with Crippen molar-refractivity contribution in [2.24, 2.45) is 0 Å². The van der Waals surface area contributed by atoms with E-state index in [1.54, 1.807) is 0 Å². The maximum atomic E-state index is 11.6. The lowest BCUT2D eigenvalue weighted by atomic mass is 10.3. The zero-order valence-corrected chi connectivity index (χ0v) is 12.3. The maximum absolute atomic E-state index is 11.6. The van der Waals surface area contributed by atoms with Gasteiger partial charge in [-0.25, -0.2) is 4.98 Å². The van der Waals surface area contributed by atoms with Crippen LogP contribution in [0.1, 0.15) is 25.2 Å². The number of carbonyl (C=O) groups is 1. The van der Waals surface area contributed by atoms with E-state index in [2.05, 4.69) is 20.5 Å². The van der Waals surface area contributed by atoms with Crippen LogP contribution in [0.15, 0.2) is 11.2 Å². The molecule has 0 aliphatic rings. The van der Waals surface area contributed by atoms with Crippen molar-refractivity contribution in [1.29, 1.82) is 0 Å². The Morgan fingerprint density at radius 1 is 1.42 bits per heavy atom. The molecule has 2 aromatic heterocycles. The van der Waals surface area contributed by atoms with E-state index in [0.29, 0.717) is 16.7 Å². The molecule has 0 aliphatic carbocycles. The number of hydrogen-bond donors (Lipinski definition) is 1. The van der Waals surface area contributed by atoms with E-state index in [0.717, 1.165) is 11.4 Å². The third-order valence-electron chi connectivity index (χ3n) is 2.45. The zero-order valence-electron chi connectivity index (χ0n) is 11.5. The molecule has 1 amide bonds. The molecule has 0 atom stereocenters. The second-order valence-corrected chi connectivity index (χ2v) is 5.61. The Hall–Kier alpha value is -1.63. The van der Waals surface area contributed by atoms with Crippen LogP contribution in [-0.2, 0) is 4.79 Å². The van der Waals surface area contributed by atoms with Gasteiger partial charge in [0.1, 0.15) is 0 Å². The van der Waals surface area contributed by atoms with Crippen molar-refractivity contribution in [1.82, 2.24) is 24.9 Å². The third-order valence-corrected chi connectivity index (χ3v) is 3.37. The lowest BCUT2D eigenvalue weighted by molar-refractivity contribution is -0.119. The normalized spacial score (nSPS) is 11.2. The Labute approximate surface area is 116 Å². The highest BCUT2D eigenvalue weighted by molar-refractivity contribution is 7.99. The molecule has 19 heavy (non-hydrogen) atoms. The molecule has 0 bridgehead atoms. The molecule has 0 fully saturated rings. The first-order valence-electron chi connectivity index (χ1n) is 6.09. The second kappa shape index (κ2) is 5.56. The van der Waals surface area contributed by atoms with Gasteiger partial charge in [-0.3, -0.25) is 9.20 Å². The van der Waals surface area contributed by atoms with E-state index >= 15 is 0 Å². The van der Waals surface area contributed by atoms with Gasteiger partial charge >= 0.3 is 0 Å². The summed E-state index contributed by atoms with van der Waals surface area (Å²) in [6, 6.07) is 2.11. The number of nitrogens with one attached hydrogen (secondary N) is 1. The molecule has 0 saturated heterocycles. The first-order chi connectivity index (χ1) is 8.97. The molecular formula is C12H17N5OS. The highest BCUT2D eigenvalue weighted by Gasteiger charge is 2.12. The quantitative estimate of drug-likeness (QED) is 0.856. The monoisotopic (exact) mass is 279 g/mol. The van der Waals surface area contributed by atoms with Gasteiger partial charge in [-0.15, -0.1) is 10.2 Å². The Kier molecular flexibility index (Phi) is 4.04. The van der Waals surface area contributed by atoms with Crippen molar-refractivity contribution in [3.63, 3.8) is 0 Å².